The monoisotopic (exact) mass is 178 g/mol. The summed E-state index contributed by atoms with van der Waals surface area (Å²) in [5.74, 6) is 0.0810. The zero-order chi connectivity index (χ0) is 9.84. The number of hydrogen-bond donors (Lipinski definition) is 0. The Labute approximate surface area is 78.1 Å². The van der Waals surface area contributed by atoms with Crippen molar-refractivity contribution in [3.05, 3.63) is 30.1 Å². The van der Waals surface area contributed by atoms with Crippen molar-refractivity contribution in [2.24, 2.45) is 0 Å². The molecule has 3 heteroatoms. The number of hydrogen-bond acceptors (Lipinski definition) is 2. The van der Waals surface area contributed by atoms with Gasteiger partial charge in [0.1, 0.15) is 5.69 Å². The molecule has 1 aromatic heterocycles. The lowest BCUT2D eigenvalue weighted by Gasteiger charge is -2.00. The van der Waals surface area contributed by atoms with E-state index in [1.54, 1.807) is 10.8 Å². The highest BCUT2D eigenvalue weighted by molar-refractivity contribution is 5.95. The Morgan fingerprint density at radius 3 is 3.00 bits per heavy atom. The van der Waals surface area contributed by atoms with E-state index in [0.717, 1.165) is 12.2 Å². The molecule has 0 aliphatic heterocycles. The summed E-state index contributed by atoms with van der Waals surface area (Å²) in [7, 11) is 0. The zero-order valence-corrected chi connectivity index (χ0v) is 8.08. The topological polar surface area (TPSA) is 34.9 Å². The van der Waals surface area contributed by atoms with Crippen molar-refractivity contribution in [3.63, 3.8) is 0 Å². The third-order valence-corrected chi connectivity index (χ3v) is 1.82. The number of allylic oxidation sites excluding steroid dienone is 1. The maximum atomic E-state index is 11.5. The minimum absolute atomic E-state index is 0.0810. The second-order valence-electron chi connectivity index (χ2n) is 2.90. The maximum absolute atomic E-state index is 11.5. The van der Waals surface area contributed by atoms with Crippen molar-refractivity contribution in [2.45, 2.75) is 26.8 Å². The molecular formula is C10H14N2O. The largest absolute Gasteiger partial charge is 0.292 e. The molecular weight excluding hydrogens is 164 g/mol. The Balaban J connectivity index is 2.97. The summed E-state index contributed by atoms with van der Waals surface area (Å²) in [5.41, 5.74) is 1.56. The van der Waals surface area contributed by atoms with Gasteiger partial charge in [-0.15, -0.1) is 6.58 Å². The van der Waals surface area contributed by atoms with Crippen molar-refractivity contribution in [3.8, 4) is 0 Å². The average molecular weight is 178 g/mol. The molecule has 0 bridgehead atoms. The number of nitrogens with zero attached hydrogens (tertiary/aromatic N) is 2. The molecule has 1 heterocycles. The number of carbonyl (C=O) groups excluding carboxylic acids is 1. The third kappa shape index (κ3) is 2.05. The molecule has 0 unspecified atom stereocenters. The van der Waals surface area contributed by atoms with Crippen molar-refractivity contribution < 1.29 is 4.79 Å². The van der Waals surface area contributed by atoms with Gasteiger partial charge in [0.15, 0.2) is 5.78 Å². The predicted molar refractivity (Wildman–Crippen MR) is 51.8 cm³/mol. The van der Waals surface area contributed by atoms with Gasteiger partial charge >= 0.3 is 0 Å². The standard InChI is InChI=1S/C10H14N2O/c1-4-6-10(13)9-7-8(3)11-12(9)5-2/h4,7H,1,5-6H2,2-3H3. The fourth-order valence-electron chi connectivity index (χ4n) is 1.25. The van der Waals surface area contributed by atoms with Crippen LogP contribution in [0.25, 0.3) is 0 Å². The first-order valence-electron chi connectivity index (χ1n) is 4.37. The first kappa shape index (κ1) is 9.71. The summed E-state index contributed by atoms with van der Waals surface area (Å²) in [6.45, 7) is 8.12. The van der Waals surface area contributed by atoms with Crippen LogP contribution in [0, 0.1) is 6.92 Å². The van der Waals surface area contributed by atoms with Gasteiger partial charge in [-0.25, -0.2) is 0 Å². The van der Waals surface area contributed by atoms with E-state index in [0.29, 0.717) is 12.1 Å². The highest BCUT2D eigenvalue weighted by Crippen LogP contribution is 2.06. The Kier molecular flexibility index (Phi) is 3.01. The molecule has 0 aliphatic rings. The van der Waals surface area contributed by atoms with E-state index in [9.17, 15) is 4.79 Å². The Hall–Kier alpha value is -1.38. The van der Waals surface area contributed by atoms with E-state index in [2.05, 4.69) is 11.7 Å². The molecule has 0 atom stereocenters. The molecule has 0 saturated carbocycles. The molecule has 0 spiro atoms. The summed E-state index contributed by atoms with van der Waals surface area (Å²) >= 11 is 0. The molecule has 1 aromatic rings. The van der Waals surface area contributed by atoms with Gasteiger partial charge in [0.25, 0.3) is 0 Å². The molecule has 0 aliphatic carbocycles. The molecule has 0 aromatic carbocycles. The molecule has 0 saturated heterocycles. The second kappa shape index (κ2) is 4.03. The SMILES string of the molecule is C=CCC(=O)c1cc(C)nn1CC. The van der Waals surface area contributed by atoms with Crippen molar-refractivity contribution >= 4 is 5.78 Å². The number of carbonyl (C=O) groups is 1. The Morgan fingerprint density at radius 2 is 2.46 bits per heavy atom. The molecule has 3 nitrogen and oxygen atoms in total. The van der Waals surface area contributed by atoms with Crippen LogP contribution in [-0.4, -0.2) is 15.6 Å². The van der Waals surface area contributed by atoms with Crippen LogP contribution < -0.4 is 0 Å². The van der Waals surface area contributed by atoms with Crippen LogP contribution in [0.5, 0.6) is 0 Å². The van der Waals surface area contributed by atoms with E-state index in [-0.39, 0.29) is 5.78 Å². The number of aromatic nitrogens is 2. The van der Waals surface area contributed by atoms with Crippen molar-refractivity contribution in [1.29, 1.82) is 0 Å². The predicted octanol–water partition coefficient (Wildman–Crippen LogP) is 1.97. The first-order valence-corrected chi connectivity index (χ1v) is 4.37. The molecule has 0 amide bonds. The van der Waals surface area contributed by atoms with Crippen LogP contribution in [0.4, 0.5) is 0 Å². The van der Waals surface area contributed by atoms with Crippen LogP contribution in [0.3, 0.4) is 0 Å². The lowest BCUT2D eigenvalue weighted by molar-refractivity contribution is 0.0986. The zero-order valence-electron chi connectivity index (χ0n) is 8.08. The van der Waals surface area contributed by atoms with Gasteiger partial charge < -0.3 is 0 Å². The minimum atomic E-state index is 0.0810. The lowest BCUT2D eigenvalue weighted by atomic mass is 10.2. The van der Waals surface area contributed by atoms with Crippen LogP contribution in [0.15, 0.2) is 18.7 Å². The van der Waals surface area contributed by atoms with E-state index >= 15 is 0 Å². The van der Waals surface area contributed by atoms with Gasteiger partial charge in [0.05, 0.1) is 5.69 Å². The third-order valence-electron chi connectivity index (χ3n) is 1.82. The molecule has 0 fully saturated rings. The van der Waals surface area contributed by atoms with E-state index in [1.165, 1.54) is 0 Å². The van der Waals surface area contributed by atoms with E-state index in [4.69, 9.17) is 0 Å². The van der Waals surface area contributed by atoms with Crippen molar-refractivity contribution in [1.82, 2.24) is 9.78 Å². The van der Waals surface area contributed by atoms with Gasteiger partial charge in [-0.2, -0.15) is 5.10 Å². The van der Waals surface area contributed by atoms with Gasteiger partial charge in [0, 0.05) is 13.0 Å². The lowest BCUT2D eigenvalue weighted by Crippen LogP contribution is -2.08. The van der Waals surface area contributed by atoms with E-state index in [1.807, 2.05) is 19.9 Å². The Bertz CT molecular complexity index is 326. The van der Waals surface area contributed by atoms with E-state index < -0.39 is 0 Å². The summed E-state index contributed by atoms with van der Waals surface area (Å²) < 4.78 is 1.72. The van der Waals surface area contributed by atoms with Gasteiger partial charge in [-0.1, -0.05) is 6.08 Å². The second-order valence-corrected chi connectivity index (χ2v) is 2.90. The van der Waals surface area contributed by atoms with Gasteiger partial charge in [-0.05, 0) is 19.9 Å². The first-order chi connectivity index (χ1) is 6.19. The number of aryl methyl sites for hydroxylation is 2. The fraction of sp³-hybridized carbons (Fsp3) is 0.400. The average Bonchev–Trinajstić information content (AvgIpc) is 2.47. The number of Topliss-reactive ketones (excluding diaryl/α,β-unsaturated/α-hetero) is 1. The quantitative estimate of drug-likeness (QED) is 0.522. The normalized spacial score (nSPS) is 10.0. The van der Waals surface area contributed by atoms with Crippen LogP contribution in [0.2, 0.25) is 0 Å². The van der Waals surface area contributed by atoms with Crippen LogP contribution >= 0.6 is 0 Å². The summed E-state index contributed by atoms with van der Waals surface area (Å²) in [6.07, 6.45) is 2.00. The molecule has 13 heavy (non-hydrogen) atoms. The highest BCUT2D eigenvalue weighted by atomic mass is 16.1. The molecule has 1 rings (SSSR count). The molecule has 0 radical (unpaired) electrons. The summed E-state index contributed by atoms with van der Waals surface area (Å²) in [4.78, 5) is 11.5. The van der Waals surface area contributed by atoms with Crippen LogP contribution in [0.1, 0.15) is 29.5 Å². The van der Waals surface area contributed by atoms with Gasteiger partial charge in [-0.3, -0.25) is 9.48 Å². The molecule has 70 valence electrons. The Morgan fingerprint density at radius 1 is 1.77 bits per heavy atom. The number of rotatable bonds is 4. The van der Waals surface area contributed by atoms with Crippen molar-refractivity contribution in [2.75, 3.05) is 0 Å². The summed E-state index contributed by atoms with van der Waals surface area (Å²) in [5, 5.41) is 4.19. The highest BCUT2D eigenvalue weighted by Gasteiger charge is 2.10. The fourth-order valence-corrected chi connectivity index (χ4v) is 1.25. The minimum Gasteiger partial charge on any atom is -0.292 e. The smallest absolute Gasteiger partial charge is 0.184 e. The maximum Gasteiger partial charge on any atom is 0.184 e. The van der Waals surface area contributed by atoms with Gasteiger partial charge in [0.2, 0.25) is 0 Å². The van der Waals surface area contributed by atoms with Crippen LogP contribution in [-0.2, 0) is 6.54 Å². The molecule has 0 N–H and O–H groups in total. The summed E-state index contributed by atoms with van der Waals surface area (Å²) in [6, 6.07) is 1.81. The number of ketones is 1.